The molecule has 1 saturated heterocycles. The van der Waals surface area contributed by atoms with E-state index in [1.54, 1.807) is 67.8 Å². The number of hydrogen-bond donors (Lipinski definition) is 1. The Kier molecular flexibility index (Phi) is 5.06. The van der Waals surface area contributed by atoms with E-state index in [1.807, 2.05) is 19.1 Å². The molecule has 0 radical (unpaired) electrons. The van der Waals surface area contributed by atoms with Crippen molar-refractivity contribution in [3.63, 3.8) is 0 Å². The number of aromatic nitrogens is 1. The summed E-state index contributed by atoms with van der Waals surface area (Å²) in [5.41, 5.74) is 1.87. The maximum atomic E-state index is 13.0. The normalized spacial score (nSPS) is 17.9. The van der Waals surface area contributed by atoms with Crippen LogP contribution in [0.15, 0.2) is 78.4 Å². The first-order valence-corrected chi connectivity index (χ1v) is 9.45. The zero-order chi connectivity index (χ0) is 21.3. The Balaban J connectivity index is 1.94. The lowest BCUT2D eigenvalue weighted by Gasteiger charge is -2.24. The van der Waals surface area contributed by atoms with Gasteiger partial charge in [-0.2, -0.15) is 0 Å². The standard InChI is InChI=1S/C24H20N2O4/c1-15-7-6-10-19(25-15)26-21(16-11-13-18(30-2)14-12-16)20(23(28)24(26)29)22(27)17-8-4-3-5-9-17/h3-14,21,27H,1-2H3/b22-20-. The van der Waals surface area contributed by atoms with Crippen molar-refractivity contribution in [1.82, 2.24) is 4.98 Å². The SMILES string of the molecule is COc1ccc(C2/C(=C(/O)c3ccccc3)C(=O)C(=O)N2c2cccc(C)n2)cc1. The number of anilines is 1. The number of amides is 1. The number of ether oxygens (including phenoxy) is 1. The summed E-state index contributed by atoms with van der Waals surface area (Å²) in [7, 11) is 1.56. The zero-order valence-corrected chi connectivity index (χ0v) is 16.6. The molecule has 6 heteroatoms. The lowest BCUT2D eigenvalue weighted by Crippen LogP contribution is -2.30. The number of carbonyl (C=O) groups excluding carboxylic acids is 2. The number of aryl methyl sites for hydroxylation is 1. The average Bonchev–Trinajstić information content (AvgIpc) is 3.04. The van der Waals surface area contributed by atoms with Gasteiger partial charge in [0.05, 0.1) is 18.7 Å². The maximum Gasteiger partial charge on any atom is 0.301 e. The molecule has 6 nitrogen and oxygen atoms in total. The van der Waals surface area contributed by atoms with Crippen molar-refractivity contribution < 1.29 is 19.4 Å². The minimum atomic E-state index is -0.814. The predicted molar refractivity (Wildman–Crippen MR) is 113 cm³/mol. The van der Waals surface area contributed by atoms with Gasteiger partial charge in [0.25, 0.3) is 5.78 Å². The predicted octanol–water partition coefficient (Wildman–Crippen LogP) is 4.02. The quantitative estimate of drug-likeness (QED) is 0.406. The Labute approximate surface area is 174 Å². The van der Waals surface area contributed by atoms with E-state index in [4.69, 9.17) is 4.74 Å². The number of aliphatic hydroxyl groups excluding tert-OH is 1. The molecular formula is C24H20N2O4. The van der Waals surface area contributed by atoms with Crippen LogP contribution in [-0.4, -0.2) is 28.9 Å². The molecule has 150 valence electrons. The molecule has 0 bridgehead atoms. The number of pyridine rings is 1. The van der Waals surface area contributed by atoms with Gasteiger partial charge in [-0.05, 0) is 36.8 Å². The second-order valence-corrected chi connectivity index (χ2v) is 6.95. The summed E-state index contributed by atoms with van der Waals surface area (Å²) in [6.07, 6.45) is 0. The Morgan fingerprint density at radius 2 is 1.67 bits per heavy atom. The van der Waals surface area contributed by atoms with Crippen LogP contribution in [0.5, 0.6) is 5.75 Å². The minimum Gasteiger partial charge on any atom is -0.507 e. The molecular weight excluding hydrogens is 380 g/mol. The van der Waals surface area contributed by atoms with Crippen LogP contribution in [-0.2, 0) is 9.59 Å². The number of carbonyl (C=O) groups is 2. The molecule has 4 rings (SSSR count). The Bertz CT molecular complexity index is 1140. The third-order valence-electron chi connectivity index (χ3n) is 5.04. The van der Waals surface area contributed by atoms with Crippen LogP contribution in [0.3, 0.4) is 0 Å². The van der Waals surface area contributed by atoms with Gasteiger partial charge in [0.15, 0.2) is 0 Å². The number of aliphatic hydroxyl groups is 1. The van der Waals surface area contributed by atoms with E-state index in [-0.39, 0.29) is 11.3 Å². The Hall–Kier alpha value is -3.93. The van der Waals surface area contributed by atoms with E-state index in [0.717, 1.165) is 0 Å². The van der Waals surface area contributed by atoms with Gasteiger partial charge < -0.3 is 9.84 Å². The molecule has 1 aromatic heterocycles. The van der Waals surface area contributed by atoms with Gasteiger partial charge in [-0.3, -0.25) is 14.5 Å². The van der Waals surface area contributed by atoms with Crippen molar-refractivity contribution in [3.05, 3.63) is 95.2 Å². The second-order valence-electron chi connectivity index (χ2n) is 6.95. The van der Waals surface area contributed by atoms with Crippen molar-refractivity contribution in [3.8, 4) is 5.75 Å². The number of rotatable bonds is 4. The number of ketones is 1. The number of benzene rings is 2. The lowest BCUT2D eigenvalue weighted by atomic mass is 9.95. The molecule has 1 N–H and O–H groups in total. The number of nitrogens with zero attached hydrogens (tertiary/aromatic N) is 2. The van der Waals surface area contributed by atoms with E-state index in [9.17, 15) is 14.7 Å². The van der Waals surface area contributed by atoms with Crippen LogP contribution in [0.2, 0.25) is 0 Å². The summed E-state index contributed by atoms with van der Waals surface area (Å²) in [6.45, 7) is 1.81. The molecule has 0 aliphatic carbocycles. The van der Waals surface area contributed by atoms with Gasteiger partial charge in [-0.25, -0.2) is 4.98 Å². The molecule has 30 heavy (non-hydrogen) atoms. The third-order valence-corrected chi connectivity index (χ3v) is 5.04. The molecule has 1 aliphatic rings. The fourth-order valence-electron chi connectivity index (χ4n) is 3.58. The molecule has 1 unspecified atom stereocenters. The summed E-state index contributed by atoms with van der Waals surface area (Å²) in [5, 5.41) is 11.0. The smallest absolute Gasteiger partial charge is 0.301 e. The molecule has 0 saturated carbocycles. The van der Waals surface area contributed by atoms with Crippen molar-refractivity contribution in [2.45, 2.75) is 13.0 Å². The highest BCUT2D eigenvalue weighted by molar-refractivity contribution is 6.51. The highest BCUT2D eigenvalue weighted by Crippen LogP contribution is 2.41. The van der Waals surface area contributed by atoms with Crippen molar-refractivity contribution in [2.24, 2.45) is 0 Å². The summed E-state index contributed by atoms with van der Waals surface area (Å²) >= 11 is 0. The fraction of sp³-hybridized carbons (Fsp3) is 0.125. The van der Waals surface area contributed by atoms with E-state index >= 15 is 0 Å². The molecule has 0 spiro atoms. The van der Waals surface area contributed by atoms with Crippen LogP contribution in [0.25, 0.3) is 5.76 Å². The lowest BCUT2D eigenvalue weighted by molar-refractivity contribution is -0.132. The van der Waals surface area contributed by atoms with Crippen LogP contribution in [0.1, 0.15) is 22.9 Å². The first-order valence-electron chi connectivity index (χ1n) is 9.45. The van der Waals surface area contributed by atoms with Crippen LogP contribution >= 0.6 is 0 Å². The number of hydrogen-bond acceptors (Lipinski definition) is 5. The third kappa shape index (κ3) is 3.33. The average molecular weight is 400 g/mol. The summed E-state index contributed by atoms with van der Waals surface area (Å²) < 4.78 is 5.22. The van der Waals surface area contributed by atoms with E-state index < -0.39 is 17.7 Å². The van der Waals surface area contributed by atoms with Gasteiger partial charge >= 0.3 is 5.91 Å². The highest BCUT2D eigenvalue weighted by Gasteiger charge is 2.47. The first kappa shape index (κ1) is 19.4. The van der Waals surface area contributed by atoms with Gasteiger partial charge in [-0.15, -0.1) is 0 Å². The summed E-state index contributed by atoms with van der Waals surface area (Å²) in [5.74, 6) is -0.700. The van der Waals surface area contributed by atoms with Crippen molar-refractivity contribution in [1.29, 1.82) is 0 Å². The van der Waals surface area contributed by atoms with Crippen molar-refractivity contribution >= 4 is 23.3 Å². The minimum absolute atomic E-state index is 0.0275. The molecule has 2 heterocycles. The molecule has 1 atom stereocenters. The zero-order valence-electron chi connectivity index (χ0n) is 16.6. The molecule has 2 aromatic carbocycles. The van der Waals surface area contributed by atoms with Crippen LogP contribution in [0, 0.1) is 6.92 Å². The van der Waals surface area contributed by atoms with Crippen LogP contribution < -0.4 is 9.64 Å². The van der Waals surface area contributed by atoms with Crippen molar-refractivity contribution in [2.75, 3.05) is 12.0 Å². The van der Waals surface area contributed by atoms with Gasteiger partial charge in [0, 0.05) is 11.3 Å². The topological polar surface area (TPSA) is 79.7 Å². The van der Waals surface area contributed by atoms with Gasteiger partial charge in [0.2, 0.25) is 0 Å². The highest BCUT2D eigenvalue weighted by atomic mass is 16.5. The maximum absolute atomic E-state index is 13.0. The van der Waals surface area contributed by atoms with Gasteiger partial charge in [-0.1, -0.05) is 48.5 Å². The van der Waals surface area contributed by atoms with E-state index in [0.29, 0.717) is 28.4 Å². The fourth-order valence-corrected chi connectivity index (χ4v) is 3.58. The number of Topliss-reactive ketones (excluding diaryl/α,β-unsaturated/α-hetero) is 1. The Morgan fingerprint density at radius 1 is 0.967 bits per heavy atom. The number of methoxy groups -OCH3 is 1. The summed E-state index contributed by atoms with van der Waals surface area (Å²) in [4.78, 5) is 31.8. The summed E-state index contributed by atoms with van der Waals surface area (Å²) in [6, 6.07) is 20.2. The second kappa shape index (κ2) is 7.83. The van der Waals surface area contributed by atoms with Crippen LogP contribution in [0.4, 0.5) is 5.82 Å². The van der Waals surface area contributed by atoms with Gasteiger partial charge in [0.1, 0.15) is 17.3 Å². The first-order chi connectivity index (χ1) is 14.5. The van der Waals surface area contributed by atoms with E-state index in [1.165, 1.54) is 4.90 Å². The monoisotopic (exact) mass is 400 g/mol. The Morgan fingerprint density at radius 3 is 2.30 bits per heavy atom. The largest absolute Gasteiger partial charge is 0.507 e. The molecule has 1 aliphatic heterocycles. The molecule has 1 amide bonds. The molecule has 3 aromatic rings. The molecule has 1 fully saturated rings. The van der Waals surface area contributed by atoms with E-state index in [2.05, 4.69) is 4.98 Å².